The molecule has 164 valence electrons. The van der Waals surface area contributed by atoms with Crippen LogP contribution in [-0.4, -0.2) is 51.1 Å². The van der Waals surface area contributed by atoms with Crippen LogP contribution in [0.3, 0.4) is 0 Å². The van der Waals surface area contributed by atoms with Crippen LogP contribution in [0.4, 0.5) is 17.3 Å². The van der Waals surface area contributed by atoms with Gasteiger partial charge in [-0.05, 0) is 49.5 Å². The largest absolute Gasteiger partial charge is 0.337 e. The van der Waals surface area contributed by atoms with Gasteiger partial charge in [0.2, 0.25) is 5.91 Å². The minimum absolute atomic E-state index is 0.0116. The zero-order chi connectivity index (χ0) is 22.0. The molecule has 0 spiro atoms. The highest BCUT2D eigenvalue weighted by Crippen LogP contribution is 2.52. The first-order valence-corrected chi connectivity index (χ1v) is 11.3. The maximum absolute atomic E-state index is 13.1. The number of nitriles is 1. The predicted molar refractivity (Wildman–Crippen MR) is 116 cm³/mol. The van der Waals surface area contributed by atoms with Crippen molar-refractivity contribution in [3.05, 3.63) is 30.1 Å². The van der Waals surface area contributed by atoms with Gasteiger partial charge in [0.25, 0.3) is 5.91 Å². The summed E-state index contributed by atoms with van der Waals surface area (Å²) in [4.78, 5) is 33.9. The third kappa shape index (κ3) is 2.97. The number of fused-ring (bicyclic) bond motifs is 1. The number of likely N-dealkylation sites (tertiary alicyclic amines) is 1. The van der Waals surface area contributed by atoms with Crippen molar-refractivity contribution in [3.8, 4) is 6.07 Å². The Hall–Kier alpha value is -3.41. The van der Waals surface area contributed by atoms with Crippen molar-refractivity contribution in [1.82, 2.24) is 19.7 Å². The Morgan fingerprint density at radius 2 is 2.03 bits per heavy atom. The molecule has 0 radical (unpaired) electrons. The highest BCUT2D eigenvalue weighted by Gasteiger charge is 2.56. The number of nitrogens with one attached hydrogen (secondary N) is 1. The van der Waals surface area contributed by atoms with Gasteiger partial charge in [-0.25, -0.2) is 4.98 Å². The van der Waals surface area contributed by atoms with Crippen molar-refractivity contribution >= 4 is 29.1 Å². The van der Waals surface area contributed by atoms with Gasteiger partial charge in [-0.2, -0.15) is 10.4 Å². The van der Waals surface area contributed by atoms with E-state index in [0.717, 1.165) is 25.9 Å². The number of carbonyl (C=O) groups excluding carboxylic acids is 2. The Labute approximate surface area is 186 Å². The average Bonchev–Trinajstić information content (AvgIpc) is 3.67. The quantitative estimate of drug-likeness (QED) is 0.779. The van der Waals surface area contributed by atoms with E-state index in [2.05, 4.69) is 21.5 Å². The second kappa shape index (κ2) is 6.79. The summed E-state index contributed by atoms with van der Waals surface area (Å²) in [6.07, 6.45) is 5.37. The normalized spacial score (nSPS) is 28.6. The number of aryl methyl sites for hydroxylation is 1. The molecule has 2 saturated heterocycles. The third-order valence-electron chi connectivity index (χ3n) is 7.51. The minimum atomic E-state index is -0.872. The summed E-state index contributed by atoms with van der Waals surface area (Å²) in [5.74, 6) is 2.54. The Morgan fingerprint density at radius 1 is 1.25 bits per heavy atom. The molecule has 2 unspecified atom stereocenters. The number of aromatic nitrogens is 3. The van der Waals surface area contributed by atoms with Crippen LogP contribution in [0.5, 0.6) is 0 Å². The molecule has 2 aromatic rings. The number of nitrogens with zero attached hydrogens (tertiary/aromatic N) is 6. The number of amides is 2. The maximum Gasteiger partial charge on any atom is 0.272 e. The lowest BCUT2D eigenvalue weighted by Gasteiger charge is -2.21. The van der Waals surface area contributed by atoms with Crippen LogP contribution in [0.15, 0.2) is 24.4 Å². The van der Waals surface area contributed by atoms with Crippen LogP contribution in [0, 0.1) is 34.5 Å². The Kier molecular flexibility index (Phi) is 4.09. The van der Waals surface area contributed by atoms with Crippen molar-refractivity contribution in [2.24, 2.45) is 30.2 Å². The second-order valence-electron chi connectivity index (χ2n) is 9.59. The molecule has 0 aromatic carbocycles. The first kappa shape index (κ1) is 19.3. The Morgan fingerprint density at radius 3 is 2.75 bits per heavy atom. The standard InChI is InChI=1S/C23H25N7O2/c1-28-18(21(31)29-11-14-8-15(14)12-29)10-20(27-28)26-19-9-17(4-6-25-19)30-7-5-23(13-24,22(30)32)16-2-3-16/h4,6,9-10,14-16H,2-3,5,7-8,11-12H2,1H3,(H,25,26,27)/t14?,15?,23-/m1/s1. The van der Waals surface area contributed by atoms with Crippen molar-refractivity contribution in [2.45, 2.75) is 25.7 Å². The summed E-state index contributed by atoms with van der Waals surface area (Å²) in [6.45, 7) is 2.22. The van der Waals surface area contributed by atoms with Crippen LogP contribution in [-0.2, 0) is 11.8 Å². The van der Waals surface area contributed by atoms with Crippen molar-refractivity contribution in [3.63, 3.8) is 0 Å². The molecule has 3 atom stereocenters. The van der Waals surface area contributed by atoms with Crippen LogP contribution in [0.2, 0.25) is 0 Å². The lowest BCUT2D eigenvalue weighted by Crippen LogP contribution is -2.35. The maximum atomic E-state index is 13.1. The monoisotopic (exact) mass is 431 g/mol. The van der Waals surface area contributed by atoms with Crippen LogP contribution in [0.25, 0.3) is 0 Å². The number of hydrogen-bond acceptors (Lipinski definition) is 6. The van der Waals surface area contributed by atoms with Gasteiger partial charge in [-0.15, -0.1) is 0 Å². The lowest BCUT2D eigenvalue weighted by molar-refractivity contribution is -0.123. The summed E-state index contributed by atoms with van der Waals surface area (Å²) in [5.41, 5.74) is 0.389. The summed E-state index contributed by atoms with van der Waals surface area (Å²) in [5, 5.41) is 17.3. The number of carbonyl (C=O) groups is 2. The van der Waals surface area contributed by atoms with Crippen molar-refractivity contribution < 1.29 is 9.59 Å². The predicted octanol–water partition coefficient (Wildman–Crippen LogP) is 2.31. The molecule has 2 aliphatic carbocycles. The zero-order valence-corrected chi connectivity index (χ0v) is 18.0. The molecule has 2 aliphatic heterocycles. The molecule has 4 heterocycles. The molecule has 2 saturated carbocycles. The summed E-state index contributed by atoms with van der Waals surface area (Å²) < 4.78 is 1.60. The van der Waals surface area contributed by atoms with E-state index in [0.29, 0.717) is 47.8 Å². The number of pyridine rings is 1. The molecule has 32 heavy (non-hydrogen) atoms. The van der Waals surface area contributed by atoms with Gasteiger partial charge in [0.15, 0.2) is 5.82 Å². The second-order valence-corrected chi connectivity index (χ2v) is 9.59. The lowest BCUT2D eigenvalue weighted by atomic mass is 9.83. The first-order valence-electron chi connectivity index (χ1n) is 11.3. The number of anilines is 3. The number of hydrogen-bond donors (Lipinski definition) is 1. The Bertz CT molecular complexity index is 1150. The van der Waals surface area contributed by atoms with E-state index in [1.807, 2.05) is 4.90 Å². The van der Waals surface area contributed by atoms with Crippen LogP contribution >= 0.6 is 0 Å². The van der Waals surface area contributed by atoms with Gasteiger partial charge in [-0.3, -0.25) is 14.3 Å². The highest BCUT2D eigenvalue weighted by atomic mass is 16.2. The van der Waals surface area contributed by atoms with Crippen molar-refractivity contribution in [1.29, 1.82) is 5.26 Å². The molecule has 4 aliphatic rings. The molecule has 4 fully saturated rings. The molecule has 0 bridgehead atoms. The van der Waals surface area contributed by atoms with E-state index in [4.69, 9.17) is 0 Å². The van der Waals surface area contributed by atoms with E-state index in [-0.39, 0.29) is 17.7 Å². The van der Waals surface area contributed by atoms with Gasteiger partial charge < -0.3 is 15.1 Å². The topological polar surface area (TPSA) is 107 Å². The zero-order valence-electron chi connectivity index (χ0n) is 18.0. The average molecular weight is 432 g/mol. The van der Waals surface area contributed by atoms with E-state index < -0.39 is 5.41 Å². The third-order valence-corrected chi connectivity index (χ3v) is 7.51. The van der Waals surface area contributed by atoms with E-state index in [1.165, 1.54) is 6.42 Å². The SMILES string of the molecule is Cn1nc(Nc2cc(N3CC[C@@](C#N)(C4CC4)C3=O)ccn2)cc1C(=O)N1CC2CC2C1. The molecule has 6 rings (SSSR count). The van der Waals surface area contributed by atoms with E-state index in [9.17, 15) is 14.9 Å². The molecule has 9 nitrogen and oxygen atoms in total. The summed E-state index contributed by atoms with van der Waals surface area (Å²) in [6, 6.07) is 7.65. The summed E-state index contributed by atoms with van der Waals surface area (Å²) >= 11 is 0. The minimum Gasteiger partial charge on any atom is -0.337 e. The van der Waals surface area contributed by atoms with Gasteiger partial charge >= 0.3 is 0 Å². The fraction of sp³-hybridized carbons (Fsp3) is 0.522. The number of piperidine rings is 1. The summed E-state index contributed by atoms with van der Waals surface area (Å²) in [7, 11) is 1.77. The van der Waals surface area contributed by atoms with Gasteiger partial charge in [0, 0.05) is 50.7 Å². The van der Waals surface area contributed by atoms with Crippen molar-refractivity contribution in [2.75, 3.05) is 29.9 Å². The first-order chi connectivity index (χ1) is 15.5. The highest BCUT2D eigenvalue weighted by molar-refractivity contribution is 6.02. The molecule has 2 aromatic heterocycles. The fourth-order valence-corrected chi connectivity index (χ4v) is 5.38. The number of rotatable bonds is 5. The smallest absolute Gasteiger partial charge is 0.272 e. The Balaban J connectivity index is 1.19. The molecule has 1 N–H and O–H groups in total. The van der Waals surface area contributed by atoms with E-state index in [1.54, 1.807) is 41.0 Å². The van der Waals surface area contributed by atoms with Crippen LogP contribution in [0.1, 0.15) is 36.2 Å². The molecule has 9 heteroatoms. The molecule has 2 amide bonds. The molecular formula is C23H25N7O2. The molecular weight excluding hydrogens is 406 g/mol. The van der Waals surface area contributed by atoms with Gasteiger partial charge in [0.05, 0.1) is 6.07 Å². The van der Waals surface area contributed by atoms with Gasteiger partial charge in [0.1, 0.15) is 16.9 Å². The fourth-order valence-electron chi connectivity index (χ4n) is 5.38. The van der Waals surface area contributed by atoms with E-state index >= 15 is 0 Å². The van der Waals surface area contributed by atoms with Gasteiger partial charge in [-0.1, -0.05) is 0 Å². The van der Waals surface area contributed by atoms with Crippen LogP contribution < -0.4 is 10.2 Å².